The second-order valence-electron chi connectivity index (χ2n) is 2.95. The first kappa shape index (κ1) is 12.1. The van der Waals surface area contributed by atoms with Gasteiger partial charge in [0.05, 0.1) is 0 Å². The monoisotopic (exact) mass is 296 g/mol. The molecule has 0 amide bonds. The lowest BCUT2D eigenvalue weighted by Gasteiger charge is -2.12. The Hall–Kier alpha value is 0.0700. The highest BCUT2D eigenvalue weighted by atomic mass is 79.9. The smallest absolute Gasteiger partial charge is 0.375 e. The molecule has 1 aromatic carbocycles. The third kappa shape index (κ3) is 3.33. The predicted molar refractivity (Wildman–Crippen MR) is 63.0 cm³/mol. The van der Waals surface area contributed by atoms with Crippen LogP contribution >= 0.6 is 22.6 Å². The van der Waals surface area contributed by atoms with Gasteiger partial charge in [-0.3, -0.25) is 0 Å². The molecule has 0 saturated heterocycles. The van der Waals surface area contributed by atoms with Crippen molar-refractivity contribution in [3.8, 4) is 5.75 Å². The Bertz CT molecular complexity index is 379. The second-order valence-corrected chi connectivity index (χ2v) is 6.34. The molecule has 0 spiro atoms. The molecule has 0 fully saturated rings. The van der Waals surface area contributed by atoms with Gasteiger partial charge in [0.25, 0.3) is 0 Å². The standard InChI is InChI=1S/C8H10BrO3PS/c1-5-3-7(12-13(10,11)14)4-6(2)8(5)9/h3-4H,1-2H3,(H2,10,11,14). The van der Waals surface area contributed by atoms with Crippen LogP contribution in [-0.2, 0) is 11.8 Å². The lowest BCUT2D eigenvalue weighted by molar-refractivity contribution is 0.370. The highest BCUT2D eigenvalue weighted by molar-refractivity contribution is 9.10. The van der Waals surface area contributed by atoms with Crippen LogP contribution in [0.1, 0.15) is 11.1 Å². The molecule has 0 bridgehead atoms. The summed E-state index contributed by atoms with van der Waals surface area (Å²) in [5.74, 6) is 0.386. The fraction of sp³-hybridized carbons (Fsp3) is 0.250. The highest BCUT2D eigenvalue weighted by Crippen LogP contribution is 2.39. The summed E-state index contributed by atoms with van der Waals surface area (Å²) in [6.45, 7) is 0.158. The third-order valence-electron chi connectivity index (χ3n) is 1.63. The second kappa shape index (κ2) is 4.29. The molecule has 0 aromatic heterocycles. The highest BCUT2D eigenvalue weighted by Gasteiger charge is 2.11. The van der Waals surface area contributed by atoms with E-state index in [0.29, 0.717) is 5.75 Å². The Morgan fingerprint density at radius 3 is 2.07 bits per heavy atom. The molecule has 14 heavy (non-hydrogen) atoms. The van der Waals surface area contributed by atoms with E-state index in [1.165, 1.54) is 0 Å². The lowest BCUT2D eigenvalue weighted by Crippen LogP contribution is -1.92. The Labute approximate surface area is 96.1 Å². The van der Waals surface area contributed by atoms with Gasteiger partial charge in [-0.2, -0.15) is 0 Å². The largest absolute Gasteiger partial charge is 0.424 e. The van der Waals surface area contributed by atoms with E-state index in [2.05, 4.69) is 27.7 Å². The van der Waals surface area contributed by atoms with Crippen molar-refractivity contribution in [2.24, 2.45) is 0 Å². The Kier molecular flexibility index (Phi) is 3.72. The van der Waals surface area contributed by atoms with E-state index in [4.69, 9.17) is 14.3 Å². The number of aryl methyl sites for hydroxylation is 2. The van der Waals surface area contributed by atoms with E-state index in [-0.39, 0.29) is 0 Å². The first-order valence-electron chi connectivity index (χ1n) is 3.81. The Balaban J connectivity index is 3.08. The van der Waals surface area contributed by atoms with Crippen LogP contribution in [-0.4, -0.2) is 9.79 Å². The summed E-state index contributed by atoms with van der Waals surface area (Å²) < 4.78 is 5.82. The minimum Gasteiger partial charge on any atom is -0.424 e. The van der Waals surface area contributed by atoms with Crippen molar-refractivity contribution in [2.45, 2.75) is 13.8 Å². The zero-order valence-electron chi connectivity index (χ0n) is 7.69. The molecular weight excluding hydrogens is 287 g/mol. The summed E-state index contributed by atoms with van der Waals surface area (Å²) in [6.07, 6.45) is 0. The summed E-state index contributed by atoms with van der Waals surface area (Å²) >= 11 is 7.77. The van der Waals surface area contributed by atoms with Gasteiger partial charge in [-0.15, -0.1) is 0 Å². The Morgan fingerprint density at radius 2 is 1.71 bits per heavy atom. The van der Waals surface area contributed by atoms with Gasteiger partial charge in [0.1, 0.15) is 5.75 Å². The SMILES string of the molecule is Cc1cc(OP(O)(O)=S)cc(C)c1Br. The number of hydrogen-bond donors (Lipinski definition) is 2. The van der Waals surface area contributed by atoms with Crippen LogP contribution in [0.15, 0.2) is 16.6 Å². The molecule has 0 aliphatic heterocycles. The number of hydrogen-bond acceptors (Lipinski definition) is 2. The molecule has 0 saturated carbocycles. The van der Waals surface area contributed by atoms with Gasteiger partial charge >= 0.3 is 6.72 Å². The van der Waals surface area contributed by atoms with Crippen molar-refractivity contribution in [3.05, 3.63) is 27.7 Å². The fourth-order valence-corrected chi connectivity index (χ4v) is 1.96. The average molecular weight is 297 g/mol. The van der Waals surface area contributed by atoms with E-state index in [1.807, 2.05) is 13.8 Å². The fourth-order valence-electron chi connectivity index (χ4n) is 1.10. The van der Waals surface area contributed by atoms with Gasteiger partial charge in [0, 0.05) is 16.3 Å². The summed E-state index contributed by atoms with van der Waals surface area (Å²) in [4.78, 5) is 17.9. The molecule has 1 rings (SSSR count). The van der Waals surface area contributed by atoms with Crippen molar-refractivity contribution >= 4 is 34.5 Å². The van der Waals surface area contributed by atoms with Crippen LogP contribution in [0.3, 0.4) is 0 Å². The molecule has 0 aliphatic carbocycles. The maximum Gasteiger partial charge on any atom is 0.375 e. The van der Waals surface area contributed by atoms with Crippen LogP contribution in [0.25, 0.3) is 0 Å². The minimum atomic E-state index is -3.62. The maximum absolute atomic E-state index is 8.97. The summed E-state index contributed by atoms with van der Waals surface area (Å²) in [6, 6.07) is 3.40. The third-order valence-corrected chi connectivity index (χ3v) is 3.56. The molecule has 0 atom stereocenters. The molecule has 78 valence electrons. The number of rotatable bonds is 2. The van der Waals surface area contributed by atoms with Gasteiger partial charge in [0.2, 0.25) is 0 Å². The zero-order chi connectivity index (χ0) is 10.9. The average Bonchev–Trinajstić information content (AvgIpc) is 1.96. The van der Waals surface area contributed by atoms with Crippen LogP contribution in [0.4, 0.5) is 0 Å². The van der Waals surface area contributed by atoms with E-state index in [0.717, 1.165) is 15.6 Å². The van der Waals surface area contributed by atoms with Crippen molar-refractivity contribution in [2.75, 3.05) is 0 Å². The van der Waals surface area contributed by atoms with Crippen molar-refractivity contribution in [1.82, 2.24) is 0 Å². The van der Waals surface area contributed by atoms with Gasteiger partial charge in [-0.05, 0) is 37.1 Å². The van der Waals surface area contributed by atoms with Gasteiger partial charge in [0.15, 0.2) is 0 Å². The molecule has 0 radical (unpaired) electrons. The zero-order valence-corrected chi connectivity index (χ0v) is 11.0. The van der Waals surface area contributed by atoms with Gasteiger partial charge in [-0.25, -0.2) is 0 Å². The molecule has 1 aromatic rings. The number of halogens is 1. The predicted octanol–water partition coefficient (Wildman–Crippen LogP) is 2.65. The van der Waals surface area contributed by atoms with Crippen molar-refractivity contribution in [3.63, 3.8) is 0 Å². The van der Waals surface area contributed by atoms with E-state index in [9.17, 15) is 0 Å². The molecule has 3 nitrogen and oxygen atoms in total. The molecule has 0 heterocycles. The van der Waals surface area contributed by atoms with Crippen LogP contribution in [0, 0.1) is 13.8 Å². The van der Waals surface area contributed by atoms with Crippen LogP contribution in [0.5, 0.6) is 5.75 Å². The van der Waals surface area contributed by atoms with E-state index >= 15 is 0 Å². The summed E-state index contributed by atoms with van der Waals surface area (Å²) in [5, 5.41) is 0. The topological polar surface area (TPSA) is 49.7 Å². The normalized spacial score (nSPS) is 11.5. The van der Waals surface area contributed by atoms with Crippen LogP contribution < -0.4 is 4.52 Å². The van der Waals surface area contributed by atoms with Crippen LogP contribution in [0.2, 0.25) is 0 Å². The van der Waals surface area contributed by atoms with Gasteiger partial charge in [-0.1, -0.05) is 15.9 Å². The molecule has 0 unspecified atom stereocenters. The lowest BCUT2D eigenvalue weighted by atomic mass is 10.1. The van der Waals surface area contributed by atoms with E-state index < -0.39 is 6.72 Å². The quantitative estimate of drug-likeness (QED) is 0.824. The van der Waals surface area contributed by atoms with Crippen molar-refractivity contribution in [1.29, 1.82) is 0 Å². The first-order chi connectivity index (χ1) is 6.29. The van der Waals surface area contributed by atoms with E-state index in [1.54, 1.807) is 12.1 Å². The number of benzene rings is 1. The molecule has 6 heteroatoms. The maximum atomic E-state index is 8.97. The summed E-state index contributed by atoms with van der Waals surface area (Å²) in [7, 11) is 0. The minimum absolute atomic E-state index is 0.386. The molecule has 0 aliphatic rings. The molecular formula is C8H10BrO3PS. The van der Waals surface area contributed by atoms with Crippen molar-refractivity contribution < 1.29 is 14.3 Å². The van der Waals surface area contributed by atoms with Gasteiger partial charge < -0.3 is 14.3 Å². The first-order valence-corrected chi connectivity index (χ1v) is 7.23. The molecule has 2 N–H and O–H groups in total. The Morgan fingerprint density at radius 1 is 1.29 bits per heavy atom. The summed E-state index contributed by atoms with van der Waals surface area (Å²) in [5.41, 5.74) is 1.92.